The monoisotopic (exact) mass is 555 g/mol. The Morgan fingerprint density at radius 1 is 0.829 bits per heavy atom. The highest BCUT2D eigenvalue weighted by molar-refractivity contribution is 9.10. The van der Waals surface area contributed by atoms with Crippen LogP contribution in [0.15, 0.2) is 77.3 Å². The van der Waals surface area contributed by atoms with Crippen molar-refractivity contribution in [1.82, 2.24) is 16.2 Å². The van der Waals surface area contributed by atoms with E-state index in [9.17, 15) is 9.59 Å². The van der Waals surface area contributed by atoms with E-state index in [0.717, 1.165) is 12.0 Å². The van der Waals surface area contributed by atoms with Crippen molar-refractivity contribution in [2.45, 2.75) is 19.8 Å². The van der Waals surface area contributed by atoms with Crippen molar-refractivity contribution in [3.05, 3.63) is 94.0 Å². The molecule has 0 radical (unpaired) electrons. The van der Waals surface area contributed by atoms with Crippen LogP contribution in [0.3, 0.4) is 0 Å². The van der Waals surface area contributed by atoms with E-state index in [1.165, 1.54) is 0 Å². The van der Waals surface area contributed by atoms with Crippen molar-refractivity contribution < 1.29 is 19.1 Å². The summed E-state index contributed by atoms with van der Waals surface area (Å²) in [5, 5.41) is 2.50. The van der Waals surface area contributed by atoms with Crippen LogP contribution in [0.4, 0.5) is 0 Å². The normalized spacial score (nSPS) is 10.2. The summed E-state index contributed by atoms with van der Waals surface area (Å²) in [6, 6.07) is 22.0. The van der Waals surface area contributed by atoms with Gasteiger partial charge in [-0.1, -0.05) is 65.3 Å². The number of hydrazine groups is 1. The van der Waals surface area contributed by atoms with Crippen molar-refractivity contribution in [3.63, 3.8) is 0 Å². The van der Waals surface area contributed by atoms with Crippen molar-refractivity contribution >= 4 is 45.1 Å². The SMILES string of the molecule is CCCOc1ccccc1C(=O)NNC(=S)NC(=O)c1cc(Br)ccc1OCCc1ccccc1. The number of benzene rings is 3. The van der Waals surface area contributed by atoms with Crippen LogP contribution in [-0.2, 0) is 6.42 Å². The van der Waals surface area contributed by atoms with E-state index >= 15 is 0 Å². The van der Waals surface area contributed by atoms with Gasteiger partial charge in [0, 0.05) is 10.9 Å². The second kappa shape index (κ2) is 13.5. The van der Waals surface area contributed by atoms with E-state index in [1.807, 2.05) is 37.3 Å². The van der Waals surface area contributed by atoms with Gasteiger partial charge in [0.1, 0.15) is 11.5 Å². The minimum absolute atomic E-state index is 0.0643. The molecule has 0 aliphatic rings. The summed E-state index contributed by atoms with van der Waals surface area (Å²) in [7, 11) is 0. The molecular formula is C26H26BrN3O4S. The van der Waals surface area contributed by atoms with Gasteiger partial charge in [0.15, 0.2) is 5.11 Å². The van der Waals surface area contributed by atoms with Crippen LogP contribution in [0.2, 0.25) is 0 Å². The molecule has 0 atom stereocenters. The van der Waals surface area contributed by atoms with Crippen LogP contribution in [0.1, 0.15) is 39.6 Å². The molecular weight excluding hydrogens is 530 g/mol. The topological polar surface area (TPSA) is 88.7 Å². The maximum absolute atomic E-state index is 12.9. The number of amides is 2. The minimum Gasteiger partial charge on any atom is -0.493 e. The van der Waals surface area contributed by atoms with Crippen LogP contribution in [0, 0.1) is 0 Å². The van der Waals surface area contributed by atoms with Crippen molar-refractivity contribution in [1.29, 1.82) is 0 Å². The lowest BCUT2D eigenvalue weighted by molar-refractivity contribution is 0.0930. The van der Waals surface area contributed by atoms with Gasteiger partial charge >= 0.3 is 0 Å². The number of thiocarbonyl (C=S) groups is 1. The van der Waals surface area contributed by atoms with E-state index in [-0.39, 0.29) is 5.11 Å². The number of halogens is 1. The summed E-state index contributed by atoms with van der Waals surface area (Å²) in [6.07, 6.45) is 1.52. The molecule has 0 fully saturated rings. The van der Waals surface area contributed by atoms with E-state index in [2.05, 4.69) is 32.1 Å². The minimum atomic E-state index is -0.473. The maximum atomic E-state index is 12.9. The molecule has 3 aromatic carbocycles. The van der Waals surface area contributed by atoms with Gasteiger partial charge in [-0.2, -0.15) is 0 Å². The third-order valence-corrected chi connectivity index (χ3v) is 5.48. The Kier molecular flexibility index (Phi) is 10.1. The number of rotatable bonds is 9. The quantitative estimate of drug-likeness (QED) is 0.259. The molecule has 182 valence electrons. The summed E-state index contributed by atoms with van der Waals surface area (Å²) in [4.78, 5) is 25.4. The Balaban J connectivity index is 1.57. The van der Waals surface area contributed by atoms with Crippen LogP contribution in [0.5, 0.6) is 11.5 Å². The number of para-hydroxylation sites is 1. The zero-order valence-electron chi connectivity index (χ0n) is 19.2. The van der Waals surface area contributed by atoms with Crippen LogP contribution in [0.25, 0.3) is 0 Å². The first kappa shape index (κ1) is 26.2. The molecule has 0 aromatic heterocycles. The van der Waals surface area contributed by atoms with Gasteiger partial charge in [-0.05, 0) is 54.5 Å². The summed E-state index contributed by atoms with van der Waals surface area (Å²) < 4.78 is 12.2. The zero-order chi connectivity index (χ0) is 25.0. The van der Waals surface area contributed by atoms with Gasteiger partial charge in [-0.15, -0.1) is 0 Å². The Hall–Kier alpha value is -3.43. The van der Waals surface area contributed by atoms with Crippen LogP contribution < -0.4 is 25.6 Å². The number of hydrogen-bond donors (Lipinski definition) is 3. The summed E-state index contributed by atoms with van der Waals surface area (Å²) in [5.74, 6) is -0.0226. The number of carbonyl (C=O) groups excluding carboxylic acids is 2. The number of nitrogens with one attached hydrogen (secondary N) is 3. The van der Waals surface area contributed by atoms with E-state index in [4.69, 9.17) is 21.7 Å². The summed E-state index contributed by atoms with van der Waals surface area (Å²) in [5.41, 5.74) is 6.84. The van der Waals surface area contributed by atoms with Crippen molar-refractivity contribution in [2.75, 3.05) is 13.2 Å². The van der Waals surface area contributed by atoms with Gasteiger partial charge in [0.2, 0.25) is 0 Å². The predicted octanol–water partition coefficient (Wildman–Crippen LogP) is 4.81. The fraction of sp³-hybridized carbons (Fsp3) is 0.192. The highest BCUT2D eigenvalue weighted by Crippen LogP contribution is 2.23. The van der Waals surface area contributed by atoms with E-state index in [1.54, 1.807) is 42.5 Å². The molecule has 7 nitrogen and oxygen atoms in total. The number of carbonyl (C=O) groups is 2. The standard InChI is InChI=1S/C26H26BrN3O4S/c1-2-15-33-22-11-7-6-10-20(22)25(32)29-30-26(35)28-24(31)21-17-19(27)12-13-23(21)34-16-14-18-8-4-3-5-9-18/h3-13,17H,2,14-16H2,1H3,(H,29,32)(H2,28,30,31,35). The molecule has 0 spiro atoms. The number of hydrogen-bond acceptors (Lipinski definition) is 5. The lowest BCUT2D eigenvalue weighted by atomic mass is 10.1. The molecule has 2 amide bonds. The second-order valence-electron chi connectivity index (χ2n) is 7.43. The Morgan fingerprint density at radius 3 is 2.29 bits per heavy atom. The lowest BCUT2D eigenvalue weighted by Gasteiger charge is -2.15. The van der Waals surface area contributed by atoms with E-state index in [0.29, 0.717) is 46.7 Å². The van der Waals surface area contributed by atoms with Crippen molar-refractivity contribution in [2.24, 2.45) is 0 Å². The number of ether oxygens (including phenoxy) is 2. The fourth-order valence-electron chi connectivity index (χ4n) is 3.10. The highest BCUT2D eigenvalue weighted by Gasteiger charge is 2.16. The van der Waals surface area contributed by atoms with Gasteiger partial charge in [0.05, 0.1) is 24.3 Å². The third-order valence-electron chi connectivity index (χ3n) is 4.79. The molecule has 0 heterocycles. The second-order valence-corrected chi connectivity index (χ2v) is 8.76. The molecule has 0 aliphatic heterocycles. The molecule has 3 N–H and O–H groups in total. The molecule has 3 rings (SSSR count). The van der Waals surface area contributed by atoms with Gasteiger partial charge in [-0.3, -0.25) is 25.8 Å². The smallest absolute Gasteiger partial charge is 0.273 e. The van der Waals surface area contributed by atoms with Crippen LogP contribution >= 0.6 is 28.1 Å². The molecule has 0 saturated carbocycles. The zero-order valence-corrected chi connectivity index (χ0v) is 21.6. The fourth-order valence-corrected chi connectivity index (χ4v) is 3.61. The largest absolute Gasteiger partial charge is 0.493 e. The van der Waals surface area contributed by atoms with Crippen molar-refractivity contribution in [3.8, 4) is 11.5 Å². The highest BCUT2D eigenvalue weighted by atomic mass is 79.9. The molecule has 0 saturated heterocycles. The third kappa shape index (κ3) is 8.08. The average Bonchev–Trinajstić information content (AvgIpc) is 2.87. The maximum Gasteiger partial charge on any atom is 0.273 e. The van der Waals surface area contributed by atoms with Gasteiger partial charge in [-0.25, -0.2) is 0 Å². The lowest BCUT2D eigenvalue weighted by Crippen LogP contribution is -2.48. The first-order valence-electron chi connectivity index (χ1n) is 11.1. The predicted molar refractivity (Wildman–Crippen MR) is 143 cm³/mol. The molecule has 0 aliphatic carbocycles. The van der Waals surface area contributed by atoms with Gasteiger partial charge in [0.25, 0.3) is 11.8 Å². The molecule has 3 aromatic rings. The summed E-state index contributed by atoms with van der Waals surface area (Å²) >= 11 is 8.57. The Morgan fingerprint density at radius 2 is 1.51 bits per heavy atom. The van der Waals surface area contributed by atoms with Crippen LogP contribution in [-0.4, -0.2) is 30.1 Å². The first-order valence-corrected chi connectivity index (χ1v) is 12.3. The Bertz CT molecular complexity index is 1170. The van der Waals surface area contributed by atoms with E-state index < -0.39 is 11.8 Å². The van der Waals surface area contributed by atoms with Gasteiger partial charge < -0.3 is 9.47 Å². The first-order chi connectivity index (χ1) is 17.0. The average molecular weight is 556 g/mol. The Labute approximate surface area is 218 Å². The molecule has 0 unspecified atom stereocenters. The molecule has 0 bridgehead atoms. The summed E-state index contributed by atoms with van der Waals surface area (Å²) in [6.45, 7) is 2.88. The molecule has 9 heteroatoms. The molecule has 35 heavy (non-hydrogen) atoms.